The standard InChI is InChI=1S/C15H13FN2O/c16-14-8-13(7-6-12(14)9-17)19-15(10-18)11-4-2-1-3-5-11/h1-8,15H,10,18H2. The summed E-state index contributed by atoms with van der Waals surface area (Å²) < 4.78 is 19.1. The predicted octanol–water partition coefficient (Wildman–Crippen LogP) is 2.78. The zero-order valence-electron chi connectivity index (χ0n) is 10.2. The van der Waals surface area contributed by atoms with E-state index in [-0.39, 0.29) is 18.2 Å². The third kappa shape index (κ3) is 3.09. The Morgan fingerprint density at radius 2 is 1.95 bits per heavy atom. The van der Waals surface area contributed by atoms with Crippen LogP contribution in [0.3, 0.4) is 0 Å². The predicted molar refractivity (Wildman–Crippen MR) is 70.0 cm³/mol. The lowest BCUT2D eigenvalue weighted by Crippen LogP contribution is -2.18. The SMILES string of the molecule is N#Cc1ccc(OC(CN)c2ccccc2)cc1F. The van der Waals surface area contributed by atoms with Gasteiger partial charge in [0.15, 0.2) is 0 Å². The van der Waals surface area contributed by atoms with Gasteiger partial charge in [0.2, 0.25) is 0 Å². The van der Waals surface area contributed by atoms with Gasteiger partial charge in [0.25, 0.3) is 0 Å². The fourth-order valence-corrected chi connectivity index (χ4v) is 1.74. The molecule has 19 heavy (non-hydrogen) atoms. The van der Waals surface area contributed by atoms with E-state index < -0.39 is 5.82 Å². The highest BCUT2D eigenvalue weighted by Gasteiger charge is 2.12. The van der Waals surface area contributed by atoms with Crippen LogP contribution in [0.1, 0.15) is 17.2 Å². The zero-order valence-corrected chi connectivity index (χ0v) is 10.2. The van der Waals surface area contributed by atoms with Gasteiger partial charge >= 0.3 is 0 Å². The number of benzene rings is 2. The molecule has 0 amide bonds. The van der Waals surface area contributed by atoms with E-state index >= 15 is 0 Å². The molecule has 2 rings (SSSR count). The number of nitrogens with two attached hydrogens (primary N) is 1. The summed E-state index contributed by atoms with van der Waals surface area (Å²) in [6.45, 7) is 0.283. The Morgan fingerprint density at radius 1 is 1.21 bits per heavy atom. The number of hydrogen-bond acceptors (Lipinski definition) is 3. The van der Waals surface area contributed by atoms with E-state index in [1.807, 2.05) is 30.3 Å². The van der Waals surface area contributed by atoms with Gasteiger partial charge in [-0.3, -0.25) is 0 Å². The van der Waals surface area contributed by atoms with Crippen molar-refractivity contribution in [3.8, 4) is 11.8 Å². The lowest BCUT2D eigenvalue weighted by atomic mass is 10.1. The zero-order chi connectivity index (χ0) is 13.7. The van der Waals surface area contributed by atoms with Gasteiger partial charge in [-0.25, -0.2) is 4.39 Å². The van der Waals surface area contributed by atoms with Gasteiger partial charge in [-0.1, -0.05) is 30.3 Å². The third-order valence-corrected chi connectivity index (χ3v) is 2.72. The number of rotatable bonds is 4. The van der Waals surface area contributed by atoms with Crippen LogP contribution in [0.4, 0.5) is 4.39 Å². The topological polar surface area (TPSA) is 59.0 Å². The van der Waals surface area contributed by atoms with E-state index in [1.54, 1.807) is 12.1 Å². The number of nitrogens with zero attached hydrogens (tertiary/aromatic N) is 1. The van der Waals surface area contributed by atoms with Crippen molar-refractivity contribution >= 4 is 0 Å². The van der Waals surface area contributed by atoms with Crippen molar-refractivity contribution in [2.75, 3.05) is 6.54 Å². The summed E-state index contributed by atoms with van der Waals surface area (Å²) in [5.41, 5.74) is 6.60. The minimum Gasteiger partial charge on any atom is -0.484 e. The molecule has 2 aromatic rings. The number of hydrogen-bond donors (Lipinski definition) is 1. The Morgan fingerprint density at radius 3 is 2.53 bits per heavy atom. The molecule has 0 heterocycles. The second-order valence-electron chi connectivity index (χ2n) is 4.01. The Hall–Kier alpha value is -2.38. The highest BCUT2D eigenvalue weighted by atomic mass is 19.1. The molecular weight excluding hydrogens is 243 g/mol. The first kappa shape index (κ1) is 13.1. The van der Waals surface area contributed by atoms with Gasteiger partial charge in [0.1, 0.15) is 23.7 Å². The summed E-state index contributed by atoms with van der Waals surface area (Å²) in [4.78, 5) is 0. The quantitative estimate of drug-likeness (QED) is 0.915. The molecule has 1 atom stereocenters. The smallest absolute Gasteiger partial charge is 0.144 e. The maximum Gasteiger partial charge on any atom is 0.144 e. The van der Waals surface area contributed by atoms with Crippen molar-refractivity contribution in [1.29, 1.82) is 5.26 Å². The molecule has 0 aromatic heterocycles. The molecule has 0 aliphatic heterocycles. The van der Waals surface area contributed by atoms with E-state index in [9.17, 15) is 4.39 Å². The summed E-state index contributed by atoms with van der Waals surface area (Å²) in [5.74, 6) is -0.236. The van der Waals surface area contributed by atoms with Crippen LogP contribution in [-0.4, -0.2) is 6.54 Å². The van der Waals surface area contributed by atoms with Crippen LogP contribution >= 0.6 is 0 Å². The molecule has 0 saturated heterocycles. The van der Waals surface area contributed by atoms with E-state index in [0.717, 1.165) is 5.56 Å². The largest absolute Gasteiger partial charge is 0.484 e. The lowest BCUT2D eigenvalue weighted by molar-refractivity contribution is 0.213. The van der Waals surface area contributed by atoms with Gasteiger partial charge in [-0.05, 0) is 17.7 Å². The molecule has 0 fully saturated rings. The first-order valence-electron chi connectivity index (χ1n) is 5.86. The van der Waals surface area contributed by atoms with Crippen LogP contribution in [-0.2, 0) is 0 Å². The first-order chi connectivity index (χ1) is 9.24. The average Bonchev–Trinajstić information content (AvgIpc) is 2.46. The fraction of sp³-hybridized carbons (Fsp3) is 0.133. The molecule has 0 bridgehead atoms. The number of ether oxygens (including phenoxy) is 1. The Kier molecular flexibility index (Phi) is 4.11. The number of halogens is 1. The second kappa shape index (κ2) is 5.98. The van der Waals surface area contributed by atoms with Crippen LogP contribution in [0.25, 0.3) is 0 Å². The lowest BCUT2D eigenvalue weighted by Gasteiger charge is -2.17. The van der Waals surface area contributed by atoms with E-state index in [0.29, 0.717) is 5.75 Å². The molecule has 96 valence electrons. The molecule has 0 radical (unpaired) electrons. The van der Waals surface area contributed by atoms with Crippen LogP contribution < -0.4 is 10.5 Å². The Balaban J connectivity index is 2.20. The molecular formula is C15H13FN2O. The Labute approximate surface area is 111 Å². The molecule has 2 N–H and O–H groups in total. The minimum absolute atomic E-state index is 0.00337. The van der Waals surface area contributed by atoms with Crippen molar-refractivity contribution in [1.82, 2.24) is 0 Å². The van der Waals surface area contributed by atoms with Gasteiger partial charge in [0, 0.05) is 12.6 Å². The van der Waals surface area contributed by atoms with E-state index in [1.165, 1.54) is 12.1 Å². The van der Waals surface area contributed by atoms with Crippen molar-refractivity contribution in [2.24, 2.45) is 5.73 Å². The first-order valence-corrected chi connectivity index (χ1v) is 5.86. The van der Waals surface area contributed by atoms with Crippen LogP contribution in [0.2, 0.25) is 0 Å². The second-order valence-corrected chi connectivity index (χ2v) is 4.01. The molecule has 3 nitrogen and oxygen atoms in total. The highest BCUT2D eigenvalue weighted by Crippen LogP contribution is 2.23. The van der Waals surface area contributed by atoms with Crippen molar-refractivity contribution in [3.63, 3.8) is 0 Å². The Bertz CT molecular complexity index is 593. The summed E-state index contributed by atoms with van der Waals surface area (Å²) in [5, 5.41) is 8.66. The molecule has 0 spiro atoms. The number of nitriles is 1. The van der Waals surface area contributed by atoms with Crippen LogP contribution in [0.5, 0.6) is 5.75 Å². The minimum atomic E-state index is -0.594. The average molecular weight is 256 g/mol. The maximum absolute atomic E-state index is 13.5. The van der Waals surface area contributed by atoms with E-state index in [4.69, 9.17) is 15.7 Å². The summed E-state index contributed by atoms with van der Waals surface area (Å²) in [6.07, 6.45) is -0.339. The molecule has 0 saturated carbocycles. The third-order valence-electron chi connectivity index (χ3n) is 2.72. The van der Waals surface area contributed by atoms with E-state index in [2.05, 4.69) is 0 Å². The molecule has 0 aliphatic rings. The summed E-state index contributed by atoms with van der Waals surface area (Å²) in [6, 6.07) is 15.4. The molecule has 2 aromatic carbocycles. The van der Waals surface area contributed by atoms with Gasteiger partial charge in [0.05, 0.1) is 5.56 Å². The van der Waals surface area contributed by atoms with Gasteiger partial charge < -0.3 is 10.5 Å². The molecule has 1 unspecified atom stereocenters. The monoisotopic (exact) mass is 256 g/mol. The highest BCUT2D eigenvalue weighted by molar-refractivity contribution is 5.36. The summed E-state index contributed by atoms with van der Waals surface area (Å²) in [7, 11) is 0. The normalized spacial score (nSPS) is 11.6. The van der Waals surface area contributed by atoms with Crippen LogP contribution in [0, 0.1) is 17.1 Å². The summed E-state index contributed by atoms with van der Waals surface area (Å²) >= 11 is 0. The van der Waals surface area contributed by atoms with Crippen LogP contribution in [0.15, 0.2) is 48.5 Å². The van der Waals surface area contributed by atoms with Crippen molar-refractivity contribution < 1.29 is 9.13 Å². The van der Waals surface area contributed by atoms with Gasteiger partial charge in [-0.15, -0.1) is 0 Å². The van der Waals surface area contributed by atoms with Gasteiger partial charge in [-0.2, -0.15) is 5.26 Å². The van der Waals surface area contributed by atoms with Crippen molar-refractivity contribution in [3.05, 3.63) is 65.5 Å². The maximum atomic E-state index is 13.5. The fourth-order valence-electron chi connectivity index (χ4n) is 1.74. The molecule has 0 aliphatic carbocycles. The molecule has 4 heteroatoms. The van der Waals surface area contributed by atoms with Crippen molar-refractivity contribution in [2.45, 2.75) is 6.10 Å².